The fourth-order valence-corrected chi connectivity index (χ4v) is 3.79. The molecule has 4 amide bonds. The number of rotatable bonds is 12. The molecule has 2 aromatic rings. The molecule has 10 heteroatoms. The van der Waals surface area contributed by atoms with E-state index in [2.05, 4.69) is 10.6 Å². The number of hydrogen-bond donors (Lipinski definition) is 2. The lowest BCUT2D eigenvalue weighted by Crippen LogP contribution is -2.54. The van der Waals surface area contributed by atoms with Gasteiger partial charge in [0.1, 0.15) is 18.7 Å². The van der Waals surface area contributed by atoms with Crippen LogP contribution in [0.15, 0.2) is 66.7 Å². The normalized spacial score (nSPS) is 15.5. The number of nitrogens with one attached hydrogen (secondary N) is 2. The number of alkyl carbamates (subject to hydrolysis) is 1. The number of nitrogens with zero attached hydrogens (tertiary/aromatic N) is 1. The van der Waals surface area contributed by atoms with Gasteiger partial charge in [0.25, 0.3) is 11.8 Å². The molecule has 0 spiro atoms. The molecule has 39 heavy (non-hydrogen) atoms. The molecule has 1 aliphatic heterocycles. The Labute approximate surface area is 227 Å². The van der Waals surface area contributed by atoms with E-state index in [1.807, 2.05) is 55.5 Å². The topological polar surface area (TPSA) is 131 Å². The van der Waals surface area contributed by atoms with E-state index < -0.39 is 41.9 Å². The molecule has 0 saturated carbocycles. The van der Waals surface area contributed by atoms with E-state index in [0.29, 0.717) is 11.5 Å². The molecule has 0 aliphatic carbocycles. The first-order valence-electron chi connectivity index (χ1n) is 12.8. The molecular formula is C29H33N3O7. The van der Waals surface area contributed by atoms with Gasteiger partial charge in [-0.3, -0.25) is 14.4 Å². The molecule has 0 unspecified atom stereocenters. The van der Waals surface area contributed by atoms with Gasteiger partial charge < -0.3 is 20.2 Å². The van der Waals surface area contributed by atoms with Crippen molar-refractivity contribution in [3.8, 4) is 0 Å². The van der Waals surface area contributed by atoms with E-state index >= 15 is 0 Å². The summed E-state index contributed by atoms with van der Waals surface area (Å²) in [5, 5.41) is 5.64. The Morgan fingerprint density at radius 2 is 1.56 bits per heavy atom. The van der Waals surface area contributed by atoms with E-state index in [0.717, 1.165) is 11.1 Å². The van der Waals surface area contributed by atoms with Crippen LogP contribution < -0.4 is 10.6 Å². The maximum atomic E-state index is 13.3. The minimum atomic E-state index is -1.23. The molecule has 206 valence electrons. The Hall–Kier alpha value is -4.47. The highest BCUT2D eigenvalue weighted by atomic mass is 16.7. The van der Waals surface area contributed by atoms with Crippen LogP contribution in [0.25, 0.3) is 6.08 Å². The van der Waals surface area contributed by atoms with Gasteiger partial charge in [-0.25, -0.2) is 9.59 Å². The standard InChI is InChI=1S/C29H33N3O7/c1-3-20(2)26(31-29(37)38-19-22-13-8-5-9-14-22)27(35)30-23(16-10-15-21-11-6-4-7-12-21)28(36)39-32-24(33)17-18-25(32)34/h4-15,20,23,26H,3,16-19H2,1-2H3,(H,30,35)(H,31,37)/b15-10+/t20-,23-,26-/m0/s1. The number of hydrogen-bond acceptors (Lipinski definition) is 7. The second kappa shape index (κ2) is 14.5. The SMILES string of the molecule is CC[C@H](C)[C@H](NC(=O)OCc1ccccc1)C(=O)N[C@@H](C/C=C/c1ccccc1)C(=O)ON1C(=O)CCC1=O. The Bertz CT molecular complexity index is 1170. The van der Waals surface area contributed by atoms with Gasteiger partial charge in [-0.05, 0) is 23.5 Å². The lowest BCUT2D eigenvalue weighted by molar-refractivity contribution is -0.199. The zero-order chi connectivity index (χ0) is 28.2. The molecule has 1 aliphatic rings. The largest absolute Gasteiger partial charge is 0.445 e. The van der Waals surface area contributed by atoms with E-state index in [-0.39, 0.29) is 31.8 Å². The van der Waals surface area contributed by atoms with Gasteiger partial charge in [-0.1, -0.05) is 93.1 Å². The molecule has 1 fully saturated rings. The molecule has 0 bridgehead atoms. The summed E-state index contributed by atoms with van der Waals surface area (Å²) >= 11 is 0. The Kier molecular flexibility index (Phi) is 10.8. The van der Waals surface area contributed by atoms with E-state index in [1.54, 1.807) is 31.2 Å². The smallest absolute Gasteiger partial charge is 0.408 e. The van der Waals surface area contributed by atoms with Gasteiger partial charge in [-0.2, -0.15) is 0 Å². The van der Waals surface area contributed by atoms with Crippen molar-refractivity contribution in [2.75, 3.05) is 0 Å². The monoisotopic (exact) mass is 535 g/mol. The predicted octanol–water partition coefficient (Wildman–Crippen LogP) is 3.52. The summed E-state index contributed by atoms with van der Waals surface area (Å²) in [6.07, 6.45) is 3.12. The van der Waals surface area contributed by atoms with Gasteiger partial charge in [0.05, 0.1) is 0 Å². The van der Waals surface area contributed by atoms with Gasteiger partial charge in [0.2, 0.25) is 5.91 Å². The van der Waals surface area contributed by atoms with Gasteiger partial charge >= 0.3 is 12.1 Å². The van der Waals surface area contributed by atoms with E-state index in [1.165, 1.54) is 0 Å². The van der Waals surface area contributed by atoms with Gasteiger partial charge in [-0.15, -0.1) is 5.06 Å². The maximum absolute atomic E-state index is 13.3. The summed E-state index contributed by atoms with van der Waals surface area (Å²) < 4.78 is 5.27. The Balaban J connectivity index is 1.70. The molecule has 0 radical (unpaired) electrons. The van der Waals surface area contributed by atoms with E-state index in [9.17, 15) is 24.0 Å². The average Bonchev–Trinajstić information content (AvgIpc) is 3.26. The molecule has 10 nitrogen and oxygen atoms in total. The summed E-state index contributed by atoms with van der Waals surface area (Å²) in [7, 11) is 0. The first kappa shape index (κ1) is 29.1. The molecule has 0 aromatic heterocycles. The second-order valence-corrected chi connectivity index (χ2v) is 9.17. The number of hydroxylamine groups is 2. The fraction of sp³-hybridized carbons (Fsp3) is 0.345. The van der Waals surface area contributed by atoms with E-state index in [4.69, 9.17) is 9.57 Å². The van der Waals surface area contributed by atoms with Crippen LogP contribution >= 0.6 is 0 Å². The van der Waals surface area contributed by atoms with Crippen molar-refractivity contribution in [2.24, 2.45) is 5.92 Å². The van der Waals surface area contributed by atoms with Crippen molar-refractivity contribution < 1.29 is 33.5 Å². The highest BCUT2D eigenvalue weighted by Gasteiger charge is 2.36. The molecule has 1 heterocycles. The van der Waals surface area contributed by atoms with Crippen LogP contribution in [-0.4, -0.2) is 46.9 Å². The van der Waals surface area contributed by atoms with Crippen molar-refractivity contribution >= 4 is 35.9 Å². The van der Waals surface area contributed by atoms with Crippen LogP contribution in [0.3, 0.4) is 0 Å². The molecule has 3 atom stereocenters. The molecule has 3 rings (SSSR count). The van der Waals surface area contributed by atoms with Crippen LogP contribution in [0.2, 0.25) is 0 Å². The summed E-state index contributed by atoms with van der Waals surface area (Å²) in [5.74, 6) is -3.15. The number of amides is 4. The zero-order valence-electron chi connectivity index (χ0n) is 22.0. The third-order valence-electron chi connectivity index (χ3n) is 6.25. The van der Waals surface area contributed by atoms with Gasteiger partial charge in [0, 0.05) is 12.8 Å². The van der Waals surface area contributed by atoms with Crippen LogP contribution in [0.4, 0.5) is 4.79 Å². The first-order valence-corrected chi connectivity index (χ1v) is 12.8. The van der Waals surface area contributed by atoms with Crippen LogP contribution in [0, 0.1) is 5.92 Å². The number of carbonyl (C=O) groups is 5. The fourth-order valence-electron chi connectivity index (χ4n) is 3.79. The van der Waals surface area contributed by atoms with Crippen molar-refractivity contribution in [3.63, 3.8) is 0 Å². The summed E-state index contributed by atoms with van der Waals surface area (Å²) in [6.45, 7) is 3.67. The predicted molar refractivity (Wildman–Crippen MR) is 142 cm³/mol. The van der Waals surface area contributed by atoms with Gasteiger partial charge in [0.15, 0.2) is 0 Å². The number of carbonyl (C=O) groups excluding carboxylic acids is 5. The molecular weight excluding hydrogens is 502 g/mol. The van der Waals surface area contributed by atoms with Crippen molar-refractivity contribution in [2.45, 2.75) is 58.2 Å². The third-order valence-corrected chi connectivity index (χ3v) is 6.25. The number of imide groups is 1. The van der Waals surface area contributed by atoms with Crippen LogP contribution in [0.5, 0.6) is 0 Å². The van der Waals surface area contributed by atoms with Crippen LogP contribution in [-0.2, 0) is 35.4 Å². The third kappa shape index (κ3) is 8.80. The maximum Gasteiger partial charge on any atom is 0.408 e. The molecule has 1 saturated heterocycles. The Morgan fingerprint density at radius 1 is 0.949 bits per heavy atom. The summed E-state index contributed by atoms with van der Waals surface area (Å²) in [5.41, 5.74) is 1.66. The minimum absolute atomic E-state index is 0.0152. The highest BCUT2D eigenvalue weighted by molar-refractivity contribution is 6.02. The number of ether oxygens (including phenoxy) is 1. The lowest BCUT2D eigenvalue weighted by Gasteiger charge is -2.26. The summed E-state index contributed by atoms with van der Waals surface area (Å²) in [6, 6.07) is 16.2. The van der Waals surface area contributed by atoms with Crippen molar-refractivity contribution in [1.29, 1.82) is 0 Å². The highest BCUT2D eigenvalue weighted by Crippen LogP contribution is 2.15. The quantitative estimate of drug-likeness (QED) is 0.398. The molecule has 2 aromatic carbocycles. The number of benzene rings is 2. The lowest BCUT2D eigenvalue weighted by atomic mass is 9.98. The second-order valence-electron chi connectivity index (χ2n) is 9.17. The minimum Gasteiger partial charge on any atom is -0.445 e. The molecule has 2 N–H and O–H groups in total. The average molecular weight is 536 g/mol. The first-order chi connectivity index (χ1) is 18.8. The Morgan fingerprint density at radius 3 is 2.18 bits per heavy atom. The summed E-state index contributed by atoms with van der Waals surface area (Å²) in [4.78, 5) is 67.8. The van der Waals surface area contributed by atoms with Crippen molar-refractivity contribution in [3.05, 3.63) is 77.9 Å². The van der Waals surface area contributed by atoms with Crippen LogP contribution in [0.1, 0.15) is 50.7 Å². The zero-order valence-corrected chi connectivity index (χ0v) is 22.0. The van der Waals surface area contributed by atoms with Crippen molar-refractivity contribution in [1.82, 2.24) is 15.7 Å².